The minimum atomic E-state index is 0.378. The lowest BCUT2D eigenvalue weighted by molar-refractivity contribution is 0.269. The standard InChI is InChI=1S/C13H28N2/c1-6-15-8-7-12(10-15)9-14-11(2)13(3,4)5/h11-12,14H,6-10H2,1-5H3. The minimum absolute atomic E-state index is 0.378. The van der Waals surface area contributed by atoms with Crippen molar-refractivity contribution in [2.45, 2.75) is 47.1 Å². The fraction of sp³-hybridized carbons (Fsp3) is 1.00. The van der Waals surface area contributed by atoms with Crippen LogP contribution >= 0.6 is 0 Å². The zero-order valence-electron chi connectivity index (χ0n) is 11.1. The highest BCUT2D eigenvalue weighted by Crippen LogP contribution is 2.20. The molecule has 90 valence electrons. The second-order valence-electron chi connectivity index (χ2n) is 6.04. The molecule has 1 saturated heterocycles. The maximum absolute atomic E-state index is 3.68. The molecule has 2 atom stereocenters. The van der Waals surface area contributed by atoms with E-state index in [1.165, 1.54) is 32.6 Å². The lowest BCUT2D eigenvalue weighted by atomic mass is 9.88. The zero-order chi connectivity index (χ0) is 11.5. The van der Waals surface area contributed by atoms with E-state index < -0.39 is 0 Å². The van der Waals surface area contributed by atoms with E-state index in [0.717, 1.165) is 5.92 Å². The third-order valence-electron chi connectivity index (χ3n) is 3.83. The van der Waals surface area contributed by atoms with Crippen molar-refractivity contribution in [1.82, 2.24) is 10.2 Å². The SMILES string of the molecule is CCN1CCC(CNC(C)C(C)(C)C)C1. The van der Waals surface area contributed by atoms with Crippen molar-refractivity contribution in [3.05, 3.63) is 0 Å². The molecule has 1 aliphatic rings. The van der Waals surface area contributed by atoms with Gasteiger partial charge in [0, 0.05) is 12.6 Å². The van der Waals surface area contributed by atoms with Crippen LogP contribution in [0.15, 0.2) is 0 Å². The van der Waals surface area contributed by atoms with Crippen LogP contribution in [0.2, 0.25) is 0 Å². The van der Waals surface area contributed by atoms with E-state index in [9.17, 15) is 0 Å². The molecular weight excluding hydrogens is 184 g/mol. The molecule has 0 bridgehead atoms. The molecule has 0 aromatic heterocycles. The highest BCUT2D eigenvalue weighted by Gasteiger charge is 2.24. The molecular formula is C13H28N2. The van der Waals surface area contributed by atoms with Crippen molar-refractivity contribution in [2.75, 3.05) is 26.2 Å². The number of nitrogens with zero attached hydrogens (tertiary/aromatic N) is 1. The second kappa shape index (κ2) is 5.31. The molecule has 0 amide bonds. The fourth-order valence-corrected chi connectivity index (χ4v) is 2.02. The van der Waals surface area contributed by atoms with Crippen molar-refractivity contribution in [3.63, 3.8) is 0 Å². The molecule has 0 aromatic rings. The molecule has 1 fully saturated rings. The molecule has 1 heterocycles. The average molecular weight is 212 g/mol. The Bertz CT molecular complexity index is 183. The van der Waals surface area contributed by atoms with Gasteiger partial charge in [-0.2, -0.15) is 0 Å². The molecule has 0 spiro atoms. The van der Waals surface area contributed by atoms with Gasteiger partial charge in [-0.15, -0.1) is 0 Å². The number of hydrogen-bond acceptors (Lipinski definition) is 2. The molecule has 15 heavy (non-hydrogen) atoms. The summed E-state index contributed by atoms with van der Waals surface area (Å²) >= 11 is 0. The van der Waals surface area contributed by atoms with Gasteiger partial charge < -0.3 is 10.2 Å². The van der Waals surface area contributed by atoms with Crippen LogP contribution in [0.4, 0.5) is 0 Å². The summed E-state index contributed by atoms with van der Waals surface area (Å²) in [5.74, 6) is 0.870. The molecule has 2 heteroatoms. The second-order valence-corrected chi connectivity index (χ2v) is 6.04. The van der Waals surface area contributed by atoms with E-state index in [1.807, 2.05) is 0 Å². The molecule has 2 unspecified atom stereocenters. The fourth-order valence-electron chi connectivity index (χ4n) is 2.02. The van der Waals surface area contributed by atoms with Gasteiger partial charge in [0.05, 0.1) is 0 Å². The Morgan fingerprint density at radius 2 is 2.07 bits per heavy atom. The summed E-state index contributed by atoms with van der Waals surface area (Å²) in [4.78, 5) is 2.55. The smallest absolute Gasteiger partial charge is 0.00873 e. The largest absolute Gasteiger partial charge is 0.313 e. The maximum Gasteiger partial charge on any atom is 0.00873 e. The van der Waals surface area contributed by atoms with E-state index in [4.69, 9.17) is 0 Å². The van der Waals surface area contributed by atoms with Gasteiger partial charge in [0.15, 0.2) is 0 Å². The Hall–Kier alpha value is -0.0800. The quantitative estimate of drug-likeness (QED) is 0.769. The Balaban J connectivity index is 2.21. The molecule has 0 radical (unpaired) electrons. The van der Waals surface area contributed by atoms with Crippen molar-refractivity contribution >= 4 is 0 Å². The number of rotatable bonds is 4. The van der Waals surface area contributed by atoms with Crippen LogP contribution in [0.3, 0.4) is 0 Å². The van der Waals surface area contributed by atoms with Crippen LogP contribution < -0.4 is 5.32 Å². The van der Waals surface area contributed by atoms with Crippen molar-refractivity contribution in [2.24, 2.45) is 11.3 Å². The first-order valence-electron chi connectivity index (χ1n) is 6.39. The summed E-state index contributed by atoms with van der Waals surface area (Å²) < 4.78 is 0. The van der Waals surface area contributed by atoms with Gasteiger partial charge in [-0.25, -0.2) is 0 Å². The van der Waals surface area contributed by atoms with Gasteiger partial charge in [0.2, 0.25) is 0 Å². The summed E-state index contributed by atoms with van der Waals surface area (Å²) in [5.41, 5.74) is 0.378. The molecule has 0 saturated carbocycles. The number of hydrogen-bond donors (Lipinski definition) is 1. The first-order valence-corrected chi connectivity index (χ1v) is 6.39. The predicted molar refractivity (Wildman–Crippen MR) is 67.1 cm³/mol. The topological polar surface area (TPSA) is 15.3 Å². The van der Waals surface area contributed by atoms with Gasteiger partial charge in [-0.05, 0) is 44.3 Å². The summed E-state index contributed by atoms with van der Waals surface area (Å²) in [6.45, 7) is 16.5. The monoisotopic (exact) mass is 212 g/mol. The molecule has 1 N–H and O–H groups in total. The molecule has 2 nitrogen and oxygen atoms in total. The molecule has 1 rings (SSSR count). The summed E-state index contributed by atoms with van der Waals surface area (Å²) in [6, 6.07) is 0.605. The lowest BCUT2D eigenvalue weighted by Gasteiger charge is -2.29. The first-order chi connectivity index (χ1) is 6.93. The Kier molecular flexibility index (Phi) is 4.60. The average Bonchev–Trinajstić information content (AvgIpc) is 2.60. The van der Waals surface area contributed by atoms with Gasteiger partial charge >= 0.3 is 0 Å². The Morgan fingerprint density at radius 1 is 1.40 bits per heavy atom. The maximum atomic E-state index is 3.68. The highest BCUT2D eigenvalue weighted by molar-refractivity contribution is 4.81. The third kappa shape index (κ3) is 4.12. The number of nitrogens with one attached hydrogen (secondary N) is 1. The minimum Gasteiger partial charge on any atom is -0.313 e. The van der Waals surface area contributed by atoms with Crippen molar-refractivity contribution < 1.29 is 0 Å². The van der Waals surface area contributed by atoms with E-state index in [2.05, 4.69) is 44.8 Å². The summed E-state index contributed by atoms with van der Waals surface area (Å²) in [5, 5.41) is 3.68. The van der Waals surface area contributed by atoms with Crippen molar-refractivity contribution in [3.8, 4) is 0 Å². The predicted octanol–water partition coefficient (Wildman–Crippen LogP) is 2.35. The van der Waals surface area contributed by atoms with E-state index in [0.29, 0.717) is 11.5 Å². The molecule has 1 aliphatic heterocycles. The van der Waals surface area contributed by atoms with Gasteiger partial charge in [0.25, 0.3) is 0 Å². The highest BCUT2D eigenvalue weighted by atomic mass is 15.1. The zero-order valence-corrected chi connectivity index (χ0v) is 11.1. The van der Waals surface area contributed by atoms with Crippen LogP contribution in [0.25, 0.3) is 0 Å². The molecule has 0 aromatic carbocycles. The Labute approximate surface area is 95.4 Å². The Morgan fingerprint density at radius 3 is 2.53 bits per heavy atom. The first kappa shape index (κ1) is 13.0. The lowest BCUT2D eigenvalue weighted by Crippen LogP contribution is -2.40. The van der Waals surface area contributed by atoms with Crippen LogP contribution in [0, 0.1) is 11.3 Å². The summed E-state index contributed by atoms with van der Waals surface area (Å²) in [6.07, 6.45) is 1.37. The third-order valence-corrected chi connectivity index (χ3v) is 3.83. The van der Waals surface area contributed by atoms with Crippen LogP contribution in [-0.2, 0) is 0 Å². The van der Waals surface area contributed by atoms with E-state index >= 15 is 0 Å². The van der Waals surface area contributed by atoms with Crippen molar-refractivity contribution in [1.29, 1.82) is 0 Å². The van der Waals surface area contributed by atoms with E-state index in [-0.39, 0.29) is 0 Å². The normalized spacial score (nSPS) is 25.8. The van der Waals surface area contributed by atoms with Crippen LogP contribution in [-0.4, -0.2) is 37.1 Å². The van der Waals surface area contributed by atoms with E-state index in [1.54, 1.807) is 0 Å². The number of likely N-dealkylation sites (tertiary alicyclic amines) is 1. The van der Waals surface area contributed by atoms with Gasteiger partial charge in [-0.1, -0.05) is 27.7 Å². The van der Waals surface area contributed by atoms with Gasteiger partial charge in [-0.3, -0.25) is 0 Å². The van der Waals surface area contributed by atoms with Gasteiger partial charge in [0.1, 0.15) is 0 Å². The summed E-state index contributed by atoms with van der Waals surface area (Å²) in [7, 11) is 0. The molecule has 0 aliphatic carbocycles. The van der Waals surface area contributed by atoms with Crippen LogP contribution in [0.1, 0.15) is 41.0 Å². The van der Waals surface area contributed by atoms with Crippen LogP contribution in [0.5, 0.6) is 0 Å².